The summed E-state index contributed by atoms with van der Waals surface area (Å²) in [6.07, 6.45) is 10.3. The Kier molecular flexibility index (Phi) is 6.50. The molecule has 1 fully saturated rings. The van der Waals surface area contributed by atoms with E-state index >= 15 is 0 Å². The van der Waals surface area contributed by atoms with Crippen LogP contribution in [0.15, 0.2) is 79.1 Å². The van der Waals surface area contributed by atoms with Gasteiger partial charge in [-0.2, -0.15) is 0 Å². The Morgan fingerprint density at radius 3 is 2.70 bits per heavy atom. The van der Waals surface area contributed by atoms with Gasteiger partial charge in [-0.1, -0.05) is 36.4 Å². The predicted molar refractivity (Wildman–Crippen MR) is 120 cm³/mol. The Balaban J connectivity index is 1.35. The van der Waals surface area contributed by atoms with Gasteiger partial charge in [-0.05, 0) is 66.6 Å². The van der Waals surface area contributed by atoms with Crippen LogP contribution in [0, 0.1) is 5.92 Å². The molecule has 1 aliphatic heterocycles. The van der Waals surface area contributed by atoms with E-state index in [1.165, 1.54) is 5.56 Å². The Labute approximate surface area is 177 Å². The highest BCUT2D eigenvalue weighted by Crippen LogP contribution is 2.23. The zero-order valence-corrected chi connectivity index (χ0v) is 16.9. The van der Waals surface area contributed by atoms with Crippen LogP contribution in [0.1, 0.15) is 24.0 Å². The van der Waals surface area contributed by atoms with Gasteiger partial charge in [0.1, 0.15) is 11.6 Å². The van der Waals surface area contributed by atoms with E-state index < -0.39 is 0 Å². The van der Waals surface area contributed by atoms with Gasteiger partial charge in [0.2, 0.25) is 5.91 Å². The summed E-state index contributed by atoms with van der Waals surface area (Å²) >= 11 is 0. The number of pyridine rings is 2. The van der Waals surface area contributed by atoms with Crippen LogP contribution in [0.2, 0.25) is 0 Å². The number of nitrogens with one attached hydrogen (secondary N) is 1. The normalized spacial score (nSPS) is 16.5. The molecule has 0 aliphatic carbocycles. The number of amides is 1. The number of likely N-dealkylation sites (tertiary alicyclic amines) is 1. The van der Waals surface area contributed by atoms with Crippen molar-refractivity contribution < 1.29 is 4.79 Å². The van der Waals surface area contributed by atoms with Crippen LogP contribution < -0.4 is 5.32 Å². The van der Waals surface area contributed by atoms with Gasteiger partial charge in [-0.15, -0.1) is 0 Å². The molecule has 5 heteroatoms. The van der Waals surface area contributed by atoms with E-state index in [9.17, 15) is 4.79 Å². The smallest absolute Gasteiger partial charge is 0.246 e. The van der Waals surface area contributed by atoms with Crippen molar-refractivity contribution in [3.8, 4) is 0 Å². The van der Waals surface area contributed by atoms with Crippen LogP contribution in [-0.4, -0.2) is 33.9 Å². The highest BCUT2D eigenvalue weighted by molar-refractivity contribution is 5.91. The molecule has 4 rings (SSSR count). The van der Waals surface area contributed by atoms with Gasteiger partial charge >= 0.3 is 0 Å². The molecule has 1 amide bonds. The zero-order chi connectivity index (χ0) is 20.6. The van der Waals surface area contributed by atoms with Crippen LogP contribution in [0.3, 0.4) is 0 Å². The lowest BCUT2D eigenvalue weighted by Gasteiger charge is -2.32. The number of piperidine rings is 1. The van der Waals surface area contributed by atoms with Gasteiger partial charge in [0, 0.05) is 31.6 Å². The van der Waals surface area contributed by atoms with Crippen LogP contribution in [0.5, 0.6) is 0 Å². The third kappa shape index (κ3) is 5.54. The molecule has 3 heterocycles. The topological polar surface area (TPSA) is 58.1 Å². The number of aromatic nitrogens is 2. The molecule has 30 heavy (non-hydrogen) atoms. The average molecular weight is 399 g/mol. The van der Waals surface area contributed by atoms with Crippen molar-refractivity contribution in [1.82, 2.24) is 14.9 Å². The summed E-state index contributed by atoms with van der Waals surface area (Å²) in [6.45, 7) is 1.63. The van der Waals surface area contributed by atoms with Crippen molar-refractivity contribution in [3.63, 3.8) is 0 Å². The standard InChI is InChI=1S/C25H26N4O/c30-25(12-11-20-7-2-1-3-8-20)29-16-6-9-22(19-29)17-21-13-15-27-24(18-21)28-23-10-4-5-14-26-23/h1-5,7-8,10-15,18,22H,6,9,16-17,19H2,(H,26,27,28)/b12-11+. The van der Waals surface area contributed by atoms with E-state index in [1.54, 1.807) is 12.3 Å². The molecule has 1 aliphatic rings. The third-order valence-electron chi connectivity index (χ3n) is 5.32. The summed E-state index contributed by atoms with van der Waals surface area (Å²) in [4.78, 5) is 23.3. The summed E-state index contributed by atoms with van der Waals surface area (Å²) in [5.41, 5.74) is 2.27. The van der Waals surface area contributed by atoms with Crippen molar-refractivity contribution >= 4 is 23.6 Å². The Morgan fingerprint density at radius 1 is 1.03 bits per heavy atom. The van der Waals surface area contributed by atoms with Gasteiger partial charge in [0.15, 0.2) is 0 Å². The van der Waals surface area contributed by atoms with Crippen LogP contribution in [-0.2, 0) is 11.2 Å². The molecular formula is C25H26N4O. The first kappa shape index (κ1) is 19.8. The van der Waals surface area contributed by atoms with Crippen molar-refractivity contribution in [1.29, 1.82) is 0 Å². The van der Waals surface area contributed by atoms with Gasteiger partial charge < -0.3 is 10.2 Å². The van der Waals surface area contributed by atoms with E-state index in [-0.39, 0.29) is 5.91 Å². The molecule has 1 N–H and O–H groups in total. The molecule has 0 bridgehead atoms. The monoisotopic (exact) mass is 398 g/mol. The lowest BCUT2D eigenvalue weighted by molar-refractivity contribution is -0.127. The summed E-state index contributed by atoms with van der Waals surface area (Å²) in [5, 5.41) is 3.24. The van der Waals surface area contributed by atoms with E-state index in [1.807, 2.05) is 65.7 Å². The highest BCUT2D eigenvalue weighted by atomic mass is 16.2. The number of hydrogen-bond acceptors (Lipinski definition) is 4. The Morgan fingerprint density at radius 2 is 1.87 bits per heavy atom. The molecule has 0 spiro atoms. The summed E-state index contributed by atoms with van der Waals surface area (Å²) in [7, 11) is 0. The summed E-state index contributed by atoms with van der Waals surface area (Å²) in [6, 6.07) is 19.8. The average Bonchev–Trinajstić information content (AvgIpc) is 2.79. The minimum atomic E-state index is 0.0933. The van der Waals surface area contributed by atoms with E-state index in [4.69, 9.17) is 0 Å². The summed E-state index contributed by atoms with van der Waals surface area (Å²) in [5.74, 6) is 2.12. The van der Waals surface area contributed by atoms with Gasteiger partial charge in [0.25, 0.3) is 0 Å². The van der Waals surface area contributed by atoms with Crippen molar-refractivity contribution in [2.24, 2.45) is 5.92 Å². The number of anilines is 2. The minimum absolute atomic E-state index is 0.0933. The SMILES string of the molecule is O=C(/C=C/c1ccccc1)N1CCCC(Cc2ccnc(Nc3ccccn3)c2)C1. The number of benzene rings is 1. The van der Waals surface area contributed by atoms with Crippen molar-refractivity contribution in [2.75, 3.05) is 18.4 Å². The zero-order valence-electron chi connectivity index (χ0n) is 16.9. The van der Waals surface area contributed by atoms with Crippen LogP contribution in [0.4, 0.5) is 11.6 Å². The minimum Gasteiger partial charge on any atom is -0.339 e. The van der Waals surface area contributed by atoms with E-state index in [0.29, 0.717) is 5.92 Å². The number of carbonyl (C=O) groups excluding carboxylic acids is 1. The van der Waals surface area contributed by atoms with Gasteiger partial charge in [0.05, 0.1) is 0 Å². The molecule has 0 radical (unpaired) electrons. The molecule has 1 saturated heterocycles. The van der Waals surface area contributed by atoms with Gasteiger partial charge in [-0.3, -0.25) is 4.79 Å². The maximum absolute atomic E-state index is 12.6. The first-order chi connectivity index (χ1) is 14.8. The maximum atomic E-state index is 12.6. The quantitative estimate of drug-likeness (QED) is 0.611. The second-order valence-corrected chi connectivity index (χ2v) is 7.63. The number of hydrogen-bond donors (Lipinski definition) is 1. The molecular weight excluding hydrogens is 372 g/mol. The Hall–Kier alpha value is -3.47. The molecule has 1 unspecified atom stereocenters. The fraction of sp³-hybridized carbons (Fsp3) is 0.240. The van der Waals surface area contributed by atoms with Crippen molar-refractivity contribution in [2.45, 2.75) is 19.3 Å². The molecule has 5 nitrogen and oxygen atoms in total. The van der Waals surface area contributed by atoms with Crippen LogP contribution in [0.25, 0.3) is 6.08 Å². The fourth-order valence-electron chi connectivity index (χ4n) is 3.84. The fourth-order valence-corrected chi connectivity index (χ4v) is 3.84. The molecule has 3 aromatic rings. The van der Waals surface area contributed by atoms with Crippen LogP contribution >= 0.6 is 0 Å². The largest absolute Gasteiger partial charge is 0.339 e. The molecule has 1 atom stereocenters. The Bertz CT molecular complexity index is 988. The van der Waals surface area contributed by atoms with E-state index in [2.05, 4.69) is 27.4 Å². The molecule has 1 aromatic carbocycles. The molecule has 152 valence electrons. The second kappa shape index (κ2) is 9.83. The number of rotatable bonds is 6. The number of carbonyl (C=O) groups is 1. The third-order valence-corrected chi connectivity index (χ3v) is 5.32. The van der Waals surface area contributed by atoms with Gasteiger partial charge in [-0.25, -0.2) is 9.97 Å². The lowest BCUT2D eigenvalue weighted by atomic mass is 9.91. The second-order valence-electron chi connectivity index (χ2n) is 7.63. The lowest BCUT2D eigenvalue weighted by Crippen LogP contribution is -2.39. The maximum Gasteiger partial charge on any atom is 0.246 e. The predicted octanol–water partition coefficient (Wildman–Crippen LogP) is 4.71. The highest BCUT2D eigenvalue weighted by Gasteiger charge is 2.22. The van der Waals surface area contributed by atoms with Crippen molar-refractivity contribution in [3.05, 3.63) is 90.3 Å². The van der Waals surface area contributed by atoms with E-state index in [0.717, 1.165) is 49.6 Å². The number of nitrogens with zero attached hydrogens (tertiary/aromatic N) is 3. The molecule has 2 aromatic heterocycles. The molecule has 0 saturated carbocycles. The first-order valence-electron chi connectivity index (χ1n) is 10.4. The first-order valence-corrected chi connectivity index (χ1v) is 10.4. The summed E-state index contributed by atoms with van der Waals surface area (Å²) < 4.78 is 0.